The topological polar surface area (TPSA) is 66.8 Å². The molecule has 5 nitrogen and oxygen atoms in total. The average molecular weight is 297 g/mol. The third kappa shape index (κ3) is 1.18. The van der Waals surface area contributed by atoms with Crippen molar-refractivity contribution in [3.63, 3.8) is 0 Å². The van der Waals surface area contributed by atoms with Crippen LogP contribution in [0, 0.1) is 0 Å². The number of esters is 1. The Morgan fingerprint density at radius 2 is 2.54 bits per heavy atom. The monoisotopic (exact) mass is 297 g/mol. The van der Waals surface area contributed by atoms with Crippen molar-refractivity contribution in [3.05, 3.63) is 0 Å². The number of ether oxygens (including phenoxy) is 1. The number of hydrogen-bond donors (Lipinski definition) is 1. The van der Waals surface area contributed by atoms with Crippen molar-refractivity contribution in [2.75, 3.05) is 11.0 Å². The van der Waals surface area contributed by atoms with Crippen LogP contribution in [0.4, 0.5) is 4.79 Å². The molecule has 0 spiro atoms. The Morgan fingerprint density at radius 1 is 1.85 bits per heavy atom. The van der Waals surface area contributed by atoms with Gasteiger partial charge in [-0.05, 0) is 0 Å². The highest BCUT2D eigenvalue weighted by molar-refractivity contribution is 14.1. The molecule has 2 heterocycles. The molecule has 0 radical (unpaired) electrons. The van der Waals surface area contributed by atoms with Gasteiger partial charge in [-0.1, -0.05) is 22.6 Å². The van der Waals surface area contributed by atoms with Crippen LogP contribution < -0.4 is 0 Å². The van der Waals surface area contributed by atoms with Crippen LogP contribution in [-0.2, 0) is 9.53 Å². The van der Waals surface area contributed by atoms with E-state index in [1.807, 2.05) is 0 Å². The zero-order chi connectivity index (χ0) is 9.64. The van der Waals surface area contributed by atoms with Crippen molar-refractivity contribution < 1.29 is 19.4 Å². The van der Waals surface area contributed by atoms with Gasteiger partial charge in [0.1, 0.15) is 11.6 Å². The Bertz CT molecular complexity index is 282. The molecule has 2 aliphatic rings. The fraction of sp³-hybridized carbons (Fsp3) is 0.714. The van der Waals surface area contributed by atoms with Gasteiger partial charge >= 0.3 is 12.1 Å². The normalized spacial score (nSPS) is 36.5. The number of amides is 1. The minimum atomic E-state index is -1.03. The van der Waals surface area contributed by atoms with Crippen LogP contribution in [0.15, 0.2) is 0 Å². The van der Waals surface area contributed by atoms with Crippen molar-refractivity contribution >= 4 is 34.7 Å². The number of carbonyl (C=O) groups excluding carboxylic acids is 1. The minimum Gasteiger partial charge on any atom is -0.465 e. The van der Waals surface area contributed by atoms with Crippen LogP contribution in [0.1, 0.15) is 6.42 Å². The third-order valence-electron chi connectivity index (χ3n) is 2.48. The zero-order valence-corrected chi connectivity index (χ0v) is 8.85. The van der Waals surface area contributed by atoms with Crippen molar-refractivity contribution in [1.29, 1.82) is 0 Å². The molecule has 0 aromatic heterocycles. The minimum absolute atomic E-state index is 0.321. The smallest absolute Gasteiger partial charge is 0.408 e. The summed E-state index contributed by atoms with van der Waals surface area (Å²) in [5.74, 6) is -0.398. The van der Waals surface area contributed by atoms with Crippen molar-refractivity contribution in [2.24, 2.45) is 0 Å². The largest absolute Gasteiger partial charge is 0.465 e. The number of fused-ring (bicyclic) bond motifs is 2. The Kier molecular flexibility index (Phi) is 1.90. The number of nitrogens with zero attached hydrogens (tertiary/aromatic N) is 1. The summed E-state index contributed by atoms with van der Waals surface area (Å²) in [6, 6.07) is -0.563. The summed E-state index contributed by atoms with van der Waals surface area (Å²) >= 11 is 2.12. The van der Waals surface area contributed by atoms with E-state index in [1.54, 1.807) is 0 Å². The van der Waals surface area contributed by atoms with E-state index in [2.05, 4.69) is 22.6 Å². The highest BCUT2D eigenvalue weighted by Gasteiger charge is 2.58. The molecular formula is C7H8INO4. The maximum absolute atomic E-state index is 11.2. The number of carbonyl (C=O) groups is 2. The molecule has 0 aromatic carbocycles. The first-order chi connectivity index (χ1) is 6.08. The predicted octanol–water partition coefficient (Wildman–Crippen LogP) is 0.469. The van der Waals surface area contributed by atoms with Gasteiger partial charge in [0.2, 0.25) is 0 Å². The predicted molar refractivity (Wildman–Crippen MR) is 50.8 cm³/mol. The lowest BCUT2D eigenvalue weighted by molar-refractivity contribution is -0.156. The summed E-state index contributed by atoms with van der Waals surface area (Å²) in [5, 5.41) is 8.78. The molecular weight excluding hydrogens is 289 g/mol. The van der Waals surface area contributed by atoms with Crippen molar-refractivity contribution in [3.8, 4) is 0 Å². The summed E-state index contributed by atoms with van der Waals surface area (Å²) in [7, 11) is 0. The van der Waals surface area contributed by atoms with Gasteiger partial charge in [0.15, 0.2) is 0 Å². The van der Waals surface area contributed by atoms with Crippen molar-refractivity contribution in [1.82, 2.24) is 4.90 Å². The van der Waals surface area contributed by atoms with Crippen LogP contribution in [-0.4, -0.2) is 44.7 Å². The van der Waals surface area contributed by atoms with Gasteiger partial charge in [-0.3, -0.25) is 4.90 Å². The second kappa shape index (κ2) is 2.73. The Balaban J connectivity index is 2.25. The average Bonchev–Trinajstić information content (AvgIpc) is 2.59. The quantitative estimate of drug-likeness (QED) is 0.434. The number of halogens is 1. The Morgan fingerprint density at radius 3 is 2.92 bits per heavy atom. The van der Waals surface area contributed by atoms with Gasteiger partial charge in [0.25, 0.3) is 0 Å². The first kappa shape index (κ1) is 9.04. The van der Waals surface area contributed by atoms with E-state index in [4.69, 9.17) is 9.84 Å². The molecule has 0 saturated carbocycles. The Hall–Kier alpha value is -0.530. The molecule has 72 valence electrons. The summed E-state index contributed by atoms with van der Waals surface area (Å²) in [4.78, 5) is 23.1. The molecule has 1 N–H and O–H groups in total. The van der Waals surface area contributed by atoms with E-state index in [0.29, 0.717) is 17.4 Å². The molecule has 1 amide bonds. The Labute approximate surface area is 88.2 Å². The fourth-order valence-corrected chi connectivity index (χ4v) is 2.55. The molecule has 2 atom stereocenters. The second-order valence-electron chi connectivity index (χ2n) is 3.37. The van der Waals surface area contributed by atoms with Crippen LogP contribution in [0.2, 0.25) is 0 Å². The van der Waals surface area contributed by atoms with Crippen LogP contribution in [0.25, 0.3) is 0 Å². The molecule has 2 rings (SSSR count). The molecule has 0 aromatic rings. The number of morpholine rings is 1. The molecule has 13 heavy (non-hydrogen) atoms. The van der Waals surface area contributed by atoms with Gasteiger partial charge in [0.05, 0.1) is 6.54 Å². The summed E-state index contributed by atoms with van der Waals surface area (Å²) < 4.78 is 5.78. The molecule has 2 fully saturated rings. The maximum Gasteiger partial charge on any atom is 0.408 e. The lowest BCUT2D eigenvalue weighted by atomic mass is 10.1. The number of alkyl halides is 1. The summed E-state index contributed by atoms with van der Waals surface area (Å²) in [6.07, 6.45) is -0.519. The lowest BCUT2D eigenvalue weighted by Gasteiger charge is -2.29. The third-order valence-corrected chi connectivity index (χ3v) is 3.87. The molecule has 2 bridgehead atoms. The van der Waals surface area contributed by atoms with E-state index in [9.17, 15) is 9.59 Å². The summed E-state index contributed by atoms with van der Waals surface area (Å²) in [6.45, 7) is 0.321. The highest BCUT2D eigenvalue weighted by atomic mass is 127. The number of rotatable bonds is 1. The van der Waals surface area contributed by atoms with Gasteiger partial charge in [-0.2, -0.15) is 0 Å². The van der Waals surface area contributed by atoms with Gasteiger partial charge in [-0.15, -0.1) is 0 Å². The molecule has 2 unspecified atom stereocenters. The van der Waals surface area contributed by atoms with E-state index < -0.39 is 23.7 Å². The molecule has 6 heteroatoms. The van der Waals surface area contributed by atoms with Gasteiger partial charge in [0, 0.05) is 10.8 Å². The number of likely N-dealkylation sites (tertiary alicyclic amines) is 1. The zero-order valence-electron chi connectivity index (χ0n) is 6.70. The molecule has 0 aliphatic carbocycles. The standard InChI is InChI=1S/C7H8INO4/c8-2-7-1-4(5(10)13-7)9(3-7)6(11)12/h4H,1-3H2,(H,11,12). The van der Waals surface area contributed by atoms with Crippen LogP contribution in [0.5, 0.6) is 0 Å². The first-order valence-electron chi connectivity index (χ1n) is 3.86. The summed E-state index contributed by atoms with van der Waals surface area (Å²) in [5.41, 5.74) is -0.541. The number of carboxylic acid groups (broad SMARTS) is 1. The fourth-order valence-electron chi connectivity index (χ4n) is 1.84. The van der Waals surface area contributed by atoms with Crippen molar-refractivity contribution in [2.45, 2.75) is 18.1 Å². The molecule has 2 saturated heterocycles. The van der Waals surface area contributed by atoms with E-state index in [-0.39, 0.29) is 0 Å². The highest BCUT2D eigenvalue weighted by Crippen LogP contribution is 2.39. The van der Waals surface area contributed by atoms with E-state index in [0.717, 1.165) is 0 Å². The van der Waals surface area contributed by atoms with Gasteiger partial charge < -0.3 is 9.84 Å². The number of hydrogen-bond acceptors (Lipinski definition) is 3. The molecule has 2 aliphatic heterocycles. The van der Waals surface area contributed by atoms with Crippen LogP contribution in [0.3, 0.4) is 0 Å². The maximum atomic E-state index is 11.2. The second-order valence-corrected chi connectivity index (χ2v) is 4.13. The first-order valence-corrected chi connectivity index (χ1v) is 5.39. The lowest BCUT2D eigenvalue weighted by Crippen LogP contribution is -2.48. The van der Waals surface area contributed by atoms with E-state index >= 15 is 0 Å². The van der Waals surface area contributed by atoms with E-state index in [1.165, 1.54) is 4.90 Å². The van der Waals surface area contributed by atoms with Gasteiger partial charge in [-0.25, -0.2) is 9.59 Å². The SMILES string of the molecule is O=C1OC2(CI)CC1N(C(=O)O)C2. The van der Waals surface area contributed by atoms with Crippen LogP contribution >= 0.6 is 22.6 Å².